The second kappa shape index (κ2) is 10.4. The number of aryl methyl sites for hydroxylation is 1. The fraction of sp³-hybridized carbons (Fsp3) is 0.344. The Bertz CT molecular complexity index is 1640. The number of aliphatic hydroxyl groups is 1. The molecule has 1 fully saturated rings. The first kappa shape index (κ1) is 26.6. The summed E-state index contributed by atoms with van der Waals surface area (Å²) in [5.74, 6) is 0.351. The van der Waals surface area contributed by atoms with Gasteiger partial charge in [0.15, 0.2) is 6.10 Å². The predicted octanol–water partition coefficient (Wildman–Crippen LogP) is 5.85. The number of nitrogens with one attached hydrogen (secondary N) is 1. The number of H-pyrrole nitrogens is 1. The molecule has 2 aromatic carbocycles. The molecule has 6 nitrogen and oxygen atoms in total. The second-order valence-electron chi connectivity index (χ2n) is 11.2. The summed E-state index contributed by atoms with van der Waals surface area (Å²) in [4.78, 5) is 37.6. The normalized spacial score (nSPS) is 16.9. The van der Waals surface area contributed by atoms with Crippen LogP contribution in [0.5, 0.6) is 0 Å². The van der Waals surface area contributed by atoms with Crippen LogP contribution >= 0.6 is 11.3 Å². The molecule has 2 aromatic heterocycles. The molecule has 2 N–H and O–H groups in total. The van der Waals surface area contributed by atoms with Crippen LogP contribution in [-0.4, -0.2) is 32.4 Å². The molecular weight excluding hydrogens is 525 g/mol. The van der Waals surface area contributed by atoms with E-state index in [2.05, 4.69) is 30.3 Å². The number of carbonyl (C=O) groups is 1. The van der Waals surface area contributed by atoms with Crippen molar-refractivity contribution in [2.24, 2.45) is 0 Å². The lowest BCUT2D eigenvalue weighted by molar-refractivity contribution is -0.141. The van der Waals surface area contributed by atoms with Crippen LogP contribution in [0.2, 0.25) is 0 Å². The maximum atomic E-state index is 13.7. The fourth-order valence-electron chi connectivity index (χ4n) is 5.54. The summed E-state index contributed by atoms with van der Waals surface area (Å²) in [6.07, 6.45) is 1.76. The first-order chi connectivity index (χ1) is 19.2. The predicted molar refractivity (Wildman–Crippen MR) is 154 cm³/mol. The van der Waals surface area contributed by atoms with Crippen LogP contribution in [0.25, 0.3) is 11.1 Å². The highest BCUT2D eigenvalue weighted by Crippen LogP contribution is 2.54. The molecule has 3 heterocycles. The molecular formula is C32H32FN3O3S. The zero-order valence-corrected chi connectivity index (χ0v) is 23.4. The number of aromatic nitrogens is 2. The molecule has 1 atom stereocenters. The number of amides is 1. The summed E-state index contributed by atoms with van der Waals surface area (Å²) in [5, 5.41) is 13.2. The fourth-order valence-corrected chi connectivity index (χ4v) is 6.87. The van der Waals surface area contributed by atoms with Crippen molar-refractivity contribution >= 4 is 17.2 Å². The van der Waals surface area contributed by atoms with E-state index in [-0.39, 0.29) is 23.3 Å². The number of benzene rings is 2. The Kier molecular flexibility index (Phi) is 6.92. The first-order valence-corrected chi connectivity index (χ1v) is 14.7. The molecule has 4 aromatic rings. The molecule has 0 bridgehead atoms. The number of aliphatic hydroxyl groups excluding tert-OH is 1. The maximum Gasteiger partial charge on any atom is 0.256 e. The average molecular weight is 558 g/mol. The highest BCUT2D eigenvalue weighted by molar-refractivity contribution is 7.10. The lowest BCUT2D eigenvalue weighted by atomic mass is 9.99. The van der Waals surface area contributed by atoms with E-state index in [9.17, 15) is 19.1 Å². The summed E-state index contributed by atoms with van der Waals surface area (Å²) in [7, 11) is 0. The van der Waals surface area contributed by atoms with E-state index in [1.807, 2.05) is 6.07 Å². The van der Waals surface area contributed by atoms with Crippen molar-refractivity contribution in [3.8, 4) is 11.1 Å². The van der Waals surface area contributed by atoms with Crippen molar-refractivity contribution in [3.63, 3.8) is 0 Å². The monoisotopic (exact) mass is 557 g/mol. The molecule has 1 saturated carbocycles. The Morgan fingerprint density at radius 2 is 1.85 bits per heavy atom. The number of hydrogen-bond acceptors (Lipinski definition) is 5. The van der Waals surface area contributed by atoms with Crippen LogP contribution in [-0.2, 0) is 23.2 Å². The zero-order valence-electron chi connectivity index (χ0n) is 22.6. The minimum absolute atomic E-state index is 0.0981. The lowest BCUT2D eigenvalue weighted by Crippen LogP contribution is -2.36. The van der Waals surface area contributed by atoms with E-state index in [0.717, 1.165) is 24.4 Å². The van der Waals surface area contributed by atoms with Gasteiger partial charge in [0.2, 0.25) is 0 Å². The number of carbonyl (C=O) groups excluding carboxylic acids is 1. The standard InChI is InChI=1S/C32H32FN3O3S/c1-19(2)23-16-27(40-18-23)32(11-12-32)31-34-26-10-5-13-36(17-25(26)29(38)35-31)30(39)28(37)22-8-3-6-20(14-22)21-7-4-9-24(33)15-21/h3-4,6-9,14-16,18-19,28,37H,5,10-13,17H2,1-2H3,(H,34,35,38)/t28-/m1/s1. The highest BCUT2D eigenvalue weighted by atomic mass is 32.1. The van der Waals surface area contributed by atoms with Crippen molar-refractivity contribution in [1.29, 1.82) is 0 Å². The largest absolute Gasteiger partial charge is 0.378 e. The van der Waals surface area contributed by atoms with Crippen molar-refractivity contribution < 1.29 is 14.3 Å². The van der Waals surface area contributed by atoms with Gasteiger partial charge in [0, 0.05) is 11.4 Å². The molecule has 40 heavy (non-hydrogen) atoms. The number of rotatable bonds is 6. The molecule has 0 saturated heterocycles. The molecule has 6 rings (SSSR count). The number of fused-ring (bicyclic) bond motifs is 1. The Labute approximate surface area is 236 Å². The van der Waals surface area contributed by atoms with Crippen molar-refractivity contribution in [3.05, 3.63) is 109 Å². The number of thiophene rings is 1. The van der Waals surface area contributed by atoms with E-state index in [1.54, 1.807) is 46.6 Å². The van der Waals surface area contributed by atoms with Crippen molar-refractivity contribution in [2.75, 3.05) is 6.54 Å². The molecule has 1 aliphatic heterocycles. The molecule has 1 aliphatic carbocycles. The zero-order chi connectivity index (χ0) is 28.0. The summed E-state index contributed by atoms with van der Waals surface area (Å²) in [6, 6.07) is 15.4. The van der Waals surface area contributed by atoms with Crippen molar-refractivity contribution in [2.45, 2.75) is 63.5 Å². The second-order valence-corrected chi connectivity index (χ2v) is 12.1. The molecule has 0 radical (unpaired) electrons. The third-order valence-corrected chi connectivity index (χ3v) is 9.31. The number of halogens is 1. The van der Waals surface area contributed by atoms with Gasteiger partial charge < -0.3 is 15.0 Å². The van der Waals surface area contributed by atoms with Gasteiger partial charge in [-0.15, -0.1) is 11.3 Å². The van der Waals surface area contributed by atoms with Crippen LogP contribution in [0.1, 0.15) is 78.2 Å². The van der Waals surface area contributed by atoms with Crippen molar-refractivity contribution in [1.82, 2.24) is 14.9 Å². The number of hydrogen-bond donors (Lipinski definition) is 2. The Morgan fingerprint density at radius 1 is 1.10 bits per heavy atom. The van der Waals surface area contributed by atoms with Gasteiger partial charge in [0.25, 0.3) is 11.5 Å². The third kappa shape index (κ3) is 4.90. The lowest BCUT2D eigenvalue weighted by Gasteiger charge is -2.24. The Morgan fingerprint density at radius 3 is 2.55 bits per heavy atom. The maximum absolute atomic E-state index is 13.7. The quantitative estimate of drug-likeness (QED) is 0.312. The van der Waals surface area contributed by atoms with Gasteiger partial charge in [-0.25, -0.2) is 9.37 Å². The summed E-state index contributed by atoms with van der Waals surface area (Å²) < 4.78 is 13.7. The summed E-state index contributed by atoms with van der Waals surface area (Å²) in [6.45, 7) is 4.87. The molecule has 0 spiro atoms. The molecule has 1 amide bonds. The smallest absolute Gasteiger partial charge is 0.256 e. The molecule has 2 aliphatic rings. The minimum Gasteiger partial charge on any atom is -0.378 e. The van der Waals surface area contributed by atoms with E-state index in [0.29, 0.717) is 47.6 Å². The highest BCUT2D eigenvalue weighted by Gasteiger charge is 2.50. The topological polar surface area (TPSA) is 86.3 Å². The first-order valence-electron chi connectivity index (χ1n) is 13.8. The van der Waals surface area contributed by atoms with E-state index >= 15 is 0 Å². The number of nitrogens with zero attached hydrogens (tertiary/aromatic N) is 2. The molecule has 0 unspecified atom stereocenters. The van der Waals surface area contributed by atoms with Crippen LogP contribution in [0.4, 0.5) is 4.39 Å². The molecule has 8 heteroatoms. The average Bonchev–Trinajstić information content (AvgIpc) is 3.66. The van der Waals surface area contributed by atoms with Gasteiger partial charge in [-0.05, 0) is 83.5 Å². The minimum atomic E-state index is -1.40. The van der Waals surface area contributed by atoms with Gasteiger partial charge in [0.05, 0.1) is 23.2 Å². The SMILES string of the molecule is CC(C)c1csc(C2(c3nc4c(c(=O)[nH]3)CN(C(=O)[C@H](O)c3cccc(-c5cccc(F)c5)c3)CCC4)CC2)c1. The van der Waals surface area contributed by atoms with E-state index in [1.165, 1.54) is 22.6 Å². The Hall–Kier alpha value is -3.62. The van der Waals surface area contributed by atoms with Gasteiger partial charge in [-0.3, -0.25) is 9.59 Å². The van der Waals surface area contributed by atoms with Gasteiger partial charge in [-0.2, -0.15) is 0 Å². The van der Waals surface area contributed by atoms with E-state index < -0.39 is 12.0 Å². The summed E-state index contributed by atoms with van der Waals surface area (Å²) in [5.41, 5.74) is 3.88. The number of aromatic amines is 1. The van der Waals surface area contributed by atoms with Crippen LogP contribution in [0.3, 0.4) is 0 Å². The van der Waals surface area contributed by atoms with Crippen LogP contribution in [0.15, 0.2) is 64.8 Å². The van der Waals surface area contributed by atoms with E-state index in [4.69, 9.17) is 4.98 Å². The third-order valence-electron chi connectivity index (χ3n) is 8.16. The Balaban J connectivity index is 1.24. The van der Waals surface area contributed by atoms with Crippen LogP contribution in [0, 0.1) is 5.82 Å². The van der Waals surface area contributed by atoms with Gasteiger partial charge in [-0.1, -0.05) is 44.2 Å². The van der Waals surface area contributed by atoms with Gasteiger partial charge in [0.1, 0.15) is 11.6 Å². The molecule has 206 valence electrons. The van der Waals surface area contributed by atoms with Gasteiger partial charge >= 0.3 is 0 Å². The van der Waals surface area contributed by atoms with Crippen LogP contribution < -0.4 is 5.56 Å². The summed E-state index contributed by atoms with van der Waals surface area (Å²) >= 11 is 1.73.